The van der Waals surface area contributed by atoms with Crippen molar-refractivity contribution in [1.29, 1.82) is 5.26 Å². The summed E-state index contributed by atoms with van der Waals surface area (Å²) in [7, 11) is -3.80. The van der Waals surface area contributed by atoms with Crippen LogP contribution < -0.4 is 10.0 Å². The Kier molecular flexibility index (Phi) is 5.03. The maximum Gasteiger partial charge on any atom is 0.241 e. The molecule has 0 aliphatic heterocycles. The minimum atomic E-state index is -3.80. The lowest BCUT2D eigenvalue weighted by atomic mass is 10.2. The zero-order valence-corrected chi connectivity index (χ0v) is 11.5. The van der Waals surface area contributed by atoms with Gasteiger partial charge in [0.05, 0.1) is 23.1 Å². The van der Waals surface area contributed by atoms with Crippen LogP contribution in [-0.4, -0.2) is 27.4 Å². The molecule has 102 valence electrons. The third kappa shape index (κ3) is 4.05. The van der Waals surface area contributed by atoms with E-state index >= 15 is 0 Å². The Morgan fingerprint density at radius 3 is 2.68 bits per heavy atom. The zero-order chi connectivity index (χ0) is 14.5. The molecule has 2 N–H and O–H groups in total. The van der Waals surface area contributed by atoms with Gasteiger partial charge in [0.2, 0.25) is 15.9 Å². The molecule has 0 spiro atoms. The second-order valence-corrected chi connectivity index (χ2v) is 5.61. The lowest BCUT2D eigenvalue weighted by Gasteiger charge is -2.09. The summed E-state index contributed by atoms with van der Waals surface area (Å²) >= 11 is 0. The predicted octanol–water partition coefficient (Wildman–Crippen LogP) is 0.281. The Bertz CT molecular complexity index is 618. The van der Waals surface area contributed by atoms with Gasteiger partial charge in [-0.3, -0.25) is 4.79 Å². The molecule has 0 aliphatic rings. The third-order valence-electron chi connectivity index (χ3n) is 2.40. The molecule has 0 radical (unpaired) electrons. The molecule has 0 fully saturated rings. The molecule has 19 heavy (non-hydrogen) atoms. The number of hydrogen-bond acceptors (Lipinski definition) is 4. The number of hydrogen-bond donors (Lipinski definition) is 2. The van der Waals surface area contributed by atoms with Crippen molar-refractivity contribution in [3.8, 4) is 6.07 Å². The van der Waals surface area contributed by atoms with E-state index in [1.807, 2.05) is 6.07 Å². The quantitative estimate of drug-likeness (QED) is 0.809. The van der Waals surface area contributed by atoms with Gasteiger partial charge in [0, 0.05) is 6.54 Å². The molecule has 1 aromatic rings. The van der Waals surface area contributed by atoms with Crippen molar-refractivity contribution >= 4 is 15.9 Å². The molecule has 0 unspecified atom stereocenters. The zero-order valence-electron chi connectivity index (χ0n) is 10.7. The van der Waals surface area contributed by atoms with Crippen LogP contribution in [0.2, 0.25) is 0 Å². The van der Waals surface area contributed by atoms with Gasteiger partial charge < -0.3 is 5.32 Å². The van der Waals surface area contributed by atoms with Gasteiger partial charge >= 0.3 is 0 Å². The summed E-state index contributed by atoms with van der Waals surface area (Å²) in [6.45, 7) is 3.48. The minimum absolute atomic E-state index is 0.0100. The molecule has 1 rings (SSSR count). The molecular formula is C12H15N3O3S. The van der Waals surface area contributed by atoms with Crippen LogP contribution in [0.5, 0.6) is 0 Å². The fourth-order valence-corrected chi connectivity index (χ4v) is 2.71. The van der Waals surface area contributed by atoms with Gasteiger partial charge in [-0.25, -0.2) is 13.1 Å². The van der Waals surface area contributed by atoms with Crippen molar-refractivity contribution in [2.75, 3.05) is 13.1 Å². The summed E-state index contributed by atoms with van der Waals surface area (Å²) in [5.74, 6) is -0.403. The maximum atomic E-state index is 12.0. The number of nitrogens with one attached hydrogen (secondary N) is 2. The fraction of sp³-hybridized carbons (Fsp3) is 0.333. The summed E-state index contributed by atoms with van der Waals surface area (Å²) in [5, 5.41) is 11.3. The van der Waals surface area contributed by atoms with Crippen molar-refractivity contribution in [3.63, 3.8) is 0 Å². The average molecular weight is 281 g/mol. The average Bonchev–Trinajstić information content (AvgIpc) is 2.37. The lowest BCUT2D eigenvalue weighted by molar-refractivity contribution is -0.119. The van der Waals surface area contributed by atoms with Gasteiger partial charge in [-0.2, -0.15) is 5.26 Å². The Balaban J connectivity index is 2.95. The van der Waals surface area contributed by atoms with Gasteiger partial charge in [-0.1, -0.05) is 6.07 Å². The number of sulfonamides is 1. The van der Waals surface area contributed by atoms with E-state index in [-0.39, 0.29) is 17.0 Å². The molecule has 1 amide bonds. The second-order valence-electron chi connectivity index (χ2n) is 3.87. The molecule has 0 atom stereocenters. The highest BCUT2D eigenvalue weighted by Crippen LogP contribution is 2.16. The second kappa shape index (κ2) is 6.31. The first-order valence-corrected chi connectivity index (χ1v) is 7.16. The molecule has 0 saturated carbocycles. The molecule has 0 heterocycles. The number of nitriles is 1. The molecule has 0 bridgehead atoms. The number of benzene rings is 1. The number of carbonyl (C=O) groups excluding carboxylic acids is 1. The highest BCUT2D eigenvalue weighted by molar-refractivity contribution is 7.89. The van der Waals surface area contributed by atoms with Gasteiger partial charge in [0.1, 0.15) is 0 Å². The highest BCUT2D eigenvalue weighted by atomic mass is 32.2. The van der Waals surface area contributed by atoms with E-state index in [4.69, 9.17) is 5.26 Å². The van der Waals surface area contributed by atoms with E-state index < -0.39 is 15.9 Å². The first-order chi connectivity index (χ1) is 8.90. The van der Waals surface area contributed by atoms with E-state index in [0.717, 1.165) is 0 Å². The summed E-state index contributed by atoms with van der Waals surface area (Å²) in [4.78, 5) is 11.2. The number of rotatable bonds is 5. The Hall–Kier alpha value is -1.91. The van der Waals surface area contributed by atoms with Gasteiger partial charge in [-0.05, 0) is 31.5 Å². The van der Waals surface area contributed by atoms with E-state index in [0.29, 0.717) is 12.1 Å². The van der Waals surface area contributed by atoms with Crippen LogP contribution >= 0.6 is 0 Å². The summed E-state index contributed by atoms with van der Waals surface area (Å²) < 4.78 is 26.3. The Labute approximate surface area is 112 Å². The molecule has 7 heteroatoms. The maximum absolute atomic E-state index is 12.0. The van der Waals surface area contributed by atoms with Crippen LogP contribution in [0.25, 0.3) is 0 Å². The Morgan fingerprint density at radius 1 is 1.42 bits per heavy atom. The minimum Gasteiger partial charge on any atom is -0.355 e. The lowest BCUT2D eigenvalue weighted by Crippen LogP contribution is -2.36. The Morgan fingerprint density at radius 2 is 2.11 bits per heavy atom. The van der Waals surface area contributed by atoms with Crippen molar-refractivity contribution in [3.05, 3.63) is 29.3 Å². The molecule has 6 nitrogen and oxygen atoms in total. The first kappa shape index (κ1) is 15.1. The largest absolute Gasteiger partial charge is 0.355 e. The first-order valence-electron chi connectivity index (χ1n) is 5.68. The number of likely N-dealkylation sites (N-methyl/N-ethyl adjacent to an activating group) is 1. The van der Waals surface area contributed by atoms with E-state index in [1.165, 1.54) is 12.1 Å². The van der Waals surface area contributed by atoms with Crippen LogP contribution in [0.1, 0.15) is 18.1 Å². The monoisotopic (exact) mass is 281 g/mol. The standard InChI is InChI=1S/C12H15N3O3S/c1-3-14-12(16)8-15-19(17,18)11-6-10(7-13)5-4-9(11)2/h4-6,15H,3,8H2,1-2H3,(H,14,16). The molecule has 1 aromatic carbocycles. The van der Waals surface area contributed by atoms with Crippen molar-refractivity contribution in [2.45, 2.75) is 18.7 Å². The van der Waals surface area contributed by atoms with Crippen LogP contribution in [0.4, 0.5) is 0 Å². The van der Waals surface area contributed by atoms with Crippen LogP contribution in [0, 0.1) is 18.3 Å². The van der Waals surface area contributed by atoms with Gasteiger partial charge in [0.25, 0.3) is 0 Å². The van der Waals surface area contributed by atoms with Crippen molar-refractivity contribution < 1.29 is 13.2 Å². The number of nitrogens with zero attached hydrogens (tertiary/aromatic N) is 1. The fourth-order valence-electron chi connectivity index (χ4n) is 1.46. The van der Waals surface area contributed by atoms with E-state index in [2.05, 4.69) is 10.0 Å². The SMILES string of the molecule is CCNC(=O)CNS(=O)(=O)c1cc(C#N)ccc1C. The normalized spacial score (nSPS) is 10.8. The van der Waals surface area contributed by atoms with Crippen LogP contribution in [0.15, 0.2) is 23.1 Å². The van der Waals surface area contributed by atoms with Crippen molar-refractivity contribution in [2.24, 2.45) is 0 Å². The number of amides is 1. The van der Waals surface area contributed by atoms with Gasteiger partial charge in [0.15, 0.2) is 0 Å². The van der Waals surface area contributed by atoms with Crippen LogP contribution in [-0.2, 0) is 14.8 Å². The smallest absolute Gasteiger partial charge is 0.241 e. The summed E-state index contributed by atoms with van der Waals surface area (Å²) in [6, 6.07) is 6.26. The van der Waals surface area contributed by atoms with Crippen molar-refractivity contribution in [1.82, 2.24) is 10.0 Å². The third-order valence-corrected chi connectivity index (χ3v) is 3.95. The molecule has 0 saturated heterocycles. The van der Waals surface area contributed by atoms with E-state index in [9.17, 15) is 13.2 Å². The number of aryl methyl sites for hydroxylation is 1. The summed E-state index contributed by atoms with van der Waals surface area (Å²) in [6.07, 6.45) is 0. The van der Waals surface area contributed by atoms with E-state index in [1.54, 1.807) is 19.9 Å². The summed E-state index contributed by atoms with van der Waals surface area (Å²) in [5.41, 5.74) is 0.770. The predicted molar refractivity (Wildman–Crippen MR) is 69.8 cm³/mol. The molecule has 0 aliphatic carbocycles. The topological polar surface area (TPSA) is 99.1 Å². The molecular weight excluding hydrogens is 266 g/mol. The molecule has 0 aromatic heterocycles. The number of carbonyl (C=O) groups is 1. The highest BCUT2D eigenvalue weighted by Gasteiger charge is 2.18. The van der Waals surface area contributed by atoms with Crippen LogP contribution in [0.3, 0.4) is 0 Å². The van der Waals surface area contributed by atoms with Gasteiger partial charge in [-0.15, -0.1) is 0 Å².